The third kappa shape index (κ3) is 4.50. The van der Waals surface area contributed by atoms with Crippen molar-refractivity contribution in [3.63, 3.8) is 0 Å². The Balaban J connectivity index is 2.91. The Kier molecular flexibility index (Phi) is 5.03. The highest BCUT2D eigenvalue weighted by atomic mass is 32.2. The van der Waals surface area contributed by atoms with Crippen LogP contribution in [-0.2, 0) is 14.6 Å². The number of rotatable bonds is 7. The molecule has 20 heavy (non-hydrogen) atoms. The fourth-order valence-electron chi connectivity index (χ4n) is 1.51. The summed E-state index contributed by atoms with van der Waals surface area (Å²) in [6, 6.07) is 3.55. The molecule has 1 aromatic rings. The number of hydrogen-bond donors (Lipinski definition) is 2. The highest BCUT2D eigenvalue weighted by Crippen LogP contribution is 2.27. The predicted molar refractivity (Wildman–Crippen MR) is 71.6 cm³/mol. The number of sulfone groups is 1. The maximum Gasteiger partial charge on any atom is 0.303 e. The molecular formula is C11H14N2O6S. The van der Waals surface area contributed by atoms with Crippen molar-refractivity contribution in [3.05, 3.63) is 28.3 Å². The fraction of sp³-hybridized carbons (Fsp3) is 0.364. The largest absolute Gasteiger partial charge is 0.481 e. The molecule has 0 atom stereocenters. The second-order valence-corrected chi connectivity index (χ2v) is 6.15. The van der Waals surface area contributed by atoms with Gasteiger partial charge in [0.25, 0.3) is 5.69 Å². The van der Waals surface area contributed by atoms with Crippen molar-refractivity contribution >= 4 is 27.2 Å². The lowest BCUT2D eigenvalue weighted by Gasteiger charge is -2.07. The molecule has 0 aliphatic carbocycles. The number of nitro groups is 1. The minimum atomic E-state index is -3.52. The lowest BCUT2D eigenvalue weighted by atomic mass is 10.2. The van der Waals surface area contributed by atoms with Gasteiger partial charge in [0.05, 0.1) is 9.82 Å². The molecule has 0 bridgehead atoms. The van der Waals surface area contributed by atoms with Crippen LogP contribution in [0.4, 0.5) is 11.4 Å². The smallest absolute Gasteiger partial charge is 0.303 e. The molecule has 0 saturated heterocycles. The number of nitro benzene ring substituents is 1. The molecule has 110 valence electrons. The summed E-state index contributed by atoms with van der Waals surface area (Å²) in [5.41, 5.74) is -0.198. The molecule has 0 saturated carbocycles. The van der Waals surface area contributed by atoms with Crippen LogP contribution in [0, 0.1) is 10.1 Å². The van der Waals surface area contributed by atoms with Crippen molar-refractivity contribution < 1.29 is 23.2 Å². The molecule has 9 heteroatoms. The van der Waals surface area contributed by atoms with Crippen molar-refractivity contribution in [1.29, 1.82) is 0 Å². The Morgan fingerprint density at radius 1 is 1.45 bits per heavy atom. The zero-order chi connectivity index (χ0) is 15.3. The lowest BCUT2D eigenvalue weighted by Crippen LogP contribution is -2.07. The maximum absolute atomic E-state index is 11.3. The summed E-state index contributed by atoms with van der Waals surface area (Å²) in [4.78, 5) is 20.4. The van der Waals surface area contributed by atoms with E-state index in [9.17, 15) is 23.3 Å². The Hall–Kier alpha value is -2.16. The number of nitrogens with zero attached hydrogens (tertiary/aromatic N) is 1. The van der Waals surface area contributed by atoms with Gasteiger partial charge in [0.15, 0.2) is 9.84 Å². The molecule has 0 unspecified atom stereocenters. The minimum absolute atomic E-state index is 0.0534. The Labute approximate surface area is 115 Å². The molecule has 0 amide bonds. The van der Waals surface area contributed by atoms with E-state index in [-0.39, 0.29) is 29.2 Å². The van der Waals surface area contributed by atoms with Crippen LogP contribution in [0.2, 0.25) is 0 Å². The average molecular weight is 302 g/mol. The van der Waals surface area contributed by atoms with Crippen LogP contribution in [0.15, 0.2) is 23.1 Å². The molecule has 0 heterocycles. The van der Waals surface area contributed by atoms with Gasteiger partial charge < -0.3 is 10.4 Å². The quantitative estimate of drug-likeness (QED) is 0.441. The van der Waals surface area contributed by atoms with Crippen molar-refractivity contribution in [1.82, 2.24) is 0 Å². The highest BCUT2D eigenvalue weighted by molar-refractivity contribution is 7.90. The van der Waals surface area contributed by atoms with Gasteiger partial charge >= 0.3 is 5.97 Å². The molecule has 0 fully saturated rings. The van der Waals surface area contributed by atoms with Gasteiger partial charge in [-0.05, 0) is 18.6 Å². The number of aliphatic carboxylic acids is 1. The van der Waals surface area contributed by atoms with Crippen LogP contribution < -0.4 is 5.32 Å². The molecule has 0 spiro atoms. The van der Waals surface area contributed by atoms with Gasteiger partial charge in [-0.15, -0.1) is 0 Å². The zero-order valence-electron chi connectivity index (χ0n) is 10.7. The van der Waals surface area contributed by atoms with Crippen LogP contribution in [0.25, 0.3) is 0 Å². The first-order valence-corrected chi connectivity index (χ1v) is 7.55. The first kappa shape index (κ1) is 15.9. The van der Waals surface area contributed by atoms with Crippen LogP contribution in [0.5, 0.6) is 0 Å². The third-order valence-corrected chi connectivity index (χ3v) is 3.59. The van der Waals surface area contributed by atoms with E-state index >= 15 is 0 Å². The predicted octanol–water partition coefficient (Wildman–Crippen LogP) is 1.27. The van der Waals surface area contributed by atoms with Gasteiger partial charge in [-0.25, -0.2) is 8.42 Å². The van der Waals surface area contributed by atoms with E-state index in [1.165, 1.54) is 12.1 Å². The monoisotopic (exact) mass is 302 g/mol. The van der Waals surface area contributed by atoms with Gasteiger partial charge in [0.1, 0.15) is 5.69 Å². The van der Waals surface area contributed by atoms with Crippen LogP contribution >= 0.6 is 0 Å². The number of anilines is 1. The van der Waals surface area contributed by atoms with Crippen LogP contribution in [0.3, 0.4) is 0 Å². The highest BCUT2D eigenvalue weighted by Gasteiger charge is 2.18. The number of nitrogens with one attached hydrogen (secondary N) is 1. The zero-order valence-corrected chi connectivity index (χ0v) is 11.5. The van der Waals surface area contributed by atoms with Gasteiger partial charge in [0, 0.05) is 25.3 Å². The second kappa shape index (κ2) is 6.33. The van der Waals surface area contributed by atoms with E-state index in [0.717, 1.165) is 12.3 Å². The Morgan fingerprint density at radius 3 is 2.60 bits per heavy atom. The van der Waals surface area contributed by atoms with Gasteiger partial charge in [-0.3, -0.25) is 14.9 Å². The SMILES string of the molecule is CS(=O)(=O)c1ccc(NCCCC(=O)O)c([N+](=O)[O-])c1. The summed E-state index contributed by atoms with van der Waals surface area (Å²) in [7, 11) is -3.52. The van der Waals surface area contributed by atoms with Gasteiger partial charge in [0.2, 0.25) is 0 Å². The van der Waals surface area contributed by atoms with Crippen molar-refractivity contribution in [2.75, 3.05) is 18.1 Å². The van der Waals surface area contributed by atoms with Crippen molar-refractivity contribution in [2.24, 2.45) is 0 Å². The topological polar surface area (TPSA) is 127 Å². The third-order valence-electron chi connectivity index (χ3n) is 2.48. The summed E-state index contributed by atoms with van der Waals surface area (Å²) in [6.07, 6.45) is 1.22. The normalized spacial score (nSPS) is 11.1. The van der Waals surface area contributed by atoms with Crippen molar-refractivity contribution in [2.45, 2.75) is 17.7 Å². The molecule has 1 rings (SSSR count). The lowest BCUT2D eigenvalue weighted by molar-refractivity contribution is -0.384. The first-order chi connectivity index (χ1) is 9.21. The Bertz CT molecular complexity index is 626. The minimum Gasteiger partial charge on any atom is -0.481 e. The molecular weight excluding hydrogens is 288 g/mol. The van der Waals surface area contributed by atoms with Gasteiger partial charge in [-0.1, -0.05) is 0 Å². The molecule has 0 aliphatic heterocycles. The summed E-state index contributed by atoms with van der Waals surface area (Å²) in [5.74, 6) is -0.950. The molecule has 0 radical (unpaired) electrons. The van der Waals surface area contributed by atoms with E-state index < -0.39 is 20.7 Å². The number of hydrogen-bond acceptors (Lipinski definition) is 6. The summed E-state index contributed by atoms with van der Waals surface area (Å²) in [5, 5.41) is 22.1. The molecule has 0 aliphatic rings. The number of carbonyl (C=O) groups is 1. The summed E-state index contributed by atoms with van der Waals surface area (Å²) >= 11 is 0. The average Bonchev–Trinajstić information content (AvgIpc) is 2.33. The van der Waals surface area contributed by atoms with Gasteiger partial charge in [-0.2, -0.15) is 0 Å². The molecule has 8 nitrogen and oxygen atoms in total. The number of carboxylic acids is 1. The first-order valence-electron chi connectivity index (χ1n) is 5.66. The fourth-order valence-corrected chi connectivity index (χ4v) is 2.15. The van der Waals surface area contributed by atoms with E-state index in [2.05, 4.69) is 5.32 Å². The summed E-state index contributed by atoms with van der Waals surface area (Å²) < 4.78 is 22.7. The molecule has 1 aromatic carbocycles. The van der Waals surface area contributed by atoms with E-state index in [1.807, 2.05) is 0 Å². The molecule has 0 aromatic heterocycles. The van der Waals surface area contributed by atoms with Crippen LogP contribution in [0.1, 0.15) is 12.8 Å². The molecule has 2 N–H and O–H groups in total. The maximum atomic E-state index is 11.3. The van der Waals surface area contributed by atoms with Crippen LogP contribution in [-0.4, -0.2) is 37.2 Å². The van der Waals surface area contributed by atoms with Crippen molar-refractivity contribution in [3.8, 4) is 0 Å². The number of benzene rings is 1. The standard InChI is InChI=1S/C11H14N2O6S/c1-20(18,19)8-4-5-9(10(7-8)13(16)17)12-6-2-3-11(14)15/h4-5,7,12H,2-3,6H2,1H3,(H,14,15). The second-order valence-electron chi connectivity index (χ2n) is 4.13. The number of carboxylic acid groups (broad SMARTS) is 1. The van der Waals surface area contributed by atoms with E-state index in [1.54, 1.807) is 0 Å². The van der Waals surface area contributed by atoms with E-state index in [4.69, 9.17) is 5.11 Å². The Morgan fingerprint density at radius 2 is 2.10 bits per heavy atom. The van der Waals surface area contributed by atoms with E-state index in [0.29, 0.717) is 6.42 Å². The summed E-state index contributed by atoms with van der Waals surface area (Å²) in [6.45, 7) is 0.241.